The second-order valence-corrected chi connectivity index (χ2v) is 7.37. The molecule has 0 atom stereocenters. The first-order valence-electron chi connectivity index (χ1n) is 8.94. The van der Waals surface area contributed by atoms with Crippen molar-refractivity contribution < 1.29 is 14.3 Å². The first kappa shape index (κ1) is 18.5. The number of hydrogen-bond acceptors (Lipinski definition) is 7. The van der Waals surface area contributed by atoms with Crippen LogP contribution in [0.25, 0.3) is 11.4 Å². The van der Waals surface area contributed by atoms with Crippen molar-refractivity contribution in [1.29, 1.82) is 0 Å². The summed E-state index contributed by atoms with van der Waals surface area (Å²) in [4.78, 5) is 16.7. The van der Waals surface area contributed by atoms with E-state index in [2.05, 4.69) is 19.7 Å². The normalized spacial score (nSPS) is 13.4. The minimum absolute atomic E-state index is 0.00163. The molecule has 4 rings (SSSR count). The van der Waals surface area contributed by atoms with Gasteiger partial charge in [0.25, 0.3) is 0 Å². The van der Waals surface area contributed by atoms with Crippen molar-refractivity contribution in [3.8, 4) is 22.9 Å². The SMILES string of the molecule is COc1ccc(C(=O)CSc2nnc(-c3ccncc3)n2C2CC2)cc1OC. The van der Waals surface area contributed by atoms with Crippen LogP contribution in [0.3, 0.4) is 0 Å². The molecular formula is C20H20N4O3S. The van der Waals surface area contributed by atoms with Crippen molar-refractivity contribution in [3.63, 3.8) is 0 Å². The molecule has 3 aromatic rings. The third-order valence-electron chi connectivity index (χ3n) is 4.55. The summed E-state index contributed by atoms with van der Waals surface area (Å²) in [5, 5.41) is 9.47. The average Bonchev–Trinajstić information content (AvgIpc) is 3.50. The molecule has 0 N–H and O–H groups in total. The second-order valence-electron chi connectivity index (χ2n) is 6.42. The maximum Gasteiger partial charge on any atom is 0.192 e. The quantitative estimate of drug-likeness (QED) is 0.425. The fourth-order valence-corrected chi connectivity index (χ4v) is 3.86. The Bertz CT molecular complexity index is 986. The lowest BCUT2D eigenvalue weighted by Crippen LogP contribution is -2.06. The molecule has 7 nitrogen and oxygen atoms in total. The molecule has 0 spiro atoms. The highest BCUT2D eigenvalue weighted by Gasteiger charge is 2.30. The molecule has 2 heterocycles. The molecule has 0 bridgehead atoms. The highest BCUT2D eigenvalue weighted by Crippen LogP contribution is 2.41. The van der Waals surface area contributed by atoms with Crippen molar-refractivity contribution in [2.75, 3.05) is 20.0 Å². The minimum Gasteiger partial charge on any atom is -0.493 e. The van der Waals surface area contributed by atoms with Gasteiger partial charge in [0.15, 0.2) is 28.3 Å². The number of benzene rings is 1. The van der Waals surface area contributed by atoms with Gasteiger partial charge in [0.05, 0.1) is 20.0 Å². The van der Waals surface area contributed by atoms with Gasteiger partial charge in [-0.1, -0.05) is 11.8 Å². The Morgan fingerprint density at radius 2 is 1.86 bits per heavy atom. The molecule has 8 heteroatoms. The third-order valence-corrected chi connectivity index (χ3v) is 5.50. The Morgan fingerprint density at radius 3 is 2.54 bits per heavy atom. The maximum absolute atomic E-state index is 12.7. The highest BCUT2D eigenvalue weighted by atomic mass is 32.2. The zero-order valence-electron chi connectivity index (χ0n) is 15.7. The Labute approximate surface area is 167 Å². The van der Waals surface area contributed by atoms with Crippen LogP contribution in [0.5, 0.6) is 11.5 Å². The average molecular weight is 396 g/mol. The summed E-state index contributed by atoms with van der Waals surface area (Å²) in [6.07, 6.45) is 5.70. The van der Waals surface area contributed by atoms with Crippen LogP contribution < -0.4 is 9.47 Å². The summed E-state index contributed by atoms with van der Waals surface area (Å²) in [5.41, 5.74) is 1.56. The number of nitrogens with zero attached hydrogens (tertiary/aromatic N) is 4. The number of hydrogen-bond donors (Lipinski definition) is 0. The van der Waals surface area contributed by atoms with Gasteiger partial charge in [-0.15, -0.1) is 10.2 Å². The molecule has 0 aliphatic heterocycles. The van der Waals surface area contributed by atoms with E-state index in [1.807, 2.05) is 12.1 Å². The monoisotopic (exact) mass is 396 g/mol. The summed E-state index contributed by atoms with van der Waals surface area (Å²) in [5.74, 6) is 2.24. The molecule has 144 valence electrons. The van der Waals surface area contributed by atoms with Gasteiger partial charge in [-0.2, -0.15) is 0 Å². The number of pyridine rings is 1. The molecule has 1 aliphatic rings. The van der Waals surface area contributed by atoms with Crippen LogP contribution in [-0.2, 0) is 0 Å². The van der Waals surface area contributed by atoms with Crippen LogP contribution in [0.2, 0.25) is 0 Å². The molecule has 0 unspecified atom stereocenters. The minimum atomic E-state index is 0.00163. The van der Waals surface area contributed by atoms with Gasteiger partial charge < -0.3 is 9.47 Å². The van der Waals surface area contributed by atoms with Gasteiger partial charge in [-0.3, -0.25) is 14.3 Å². The lowest BCUT2D eigenvalue weighted by atomic mass is 10.1. The predicted molar refractivity (Wildman–Crippen MR) is 106 cm³/mol. The van der Waals surface area contributed by atoms with Gasteiger partial charge in [0, 0.05) is 29.6 Å². The Balaban J connectivity index is 1.52. The molecule has 0 saturated heterocycles. The lowest BCUT2D eigenvalue weighted by Gasteiger charge is -2.10. The number of methoxy groups -OCH3 is 2. The number of rotatable bonds is 8. The van der Waals surface area contributed by atoms with Gasteiger partial charge in [-0.25, -0.2) is 0 Å². The third kappa shape index (κ3) is 3.73. The van der Waals surface area contributed by atoms with E-state index < -0.39 is 0 Å². The topological polar surface area (TPSA) is 79.1 Å². The first-order valence-corrected chi connectivity index (χ1v) is 9.93. The number of carbonyl (C=O) groups excluding carboxylic acids is 1. The molecule has 1 fully saturated rings. The molecule has 28 heavy (non-hydrogen) atoms. The van der Waals surface area contributed by atoms with Gasteiger partial charge in [0.2, 0.25) is 0 Å². The fraction of sp³-hybridized carbons (Fsp3) is 0.300. The number of aromatic nitrogens is 4. The van der Waals surface area contributed by atoms with Crippen molar-refractivity contribution in [2.24, 2.45) is 0 Å². The van der Waals surface area contributed by atoms with Crippen LogP contribution in [0.1, 0.15) is 29.2 Å². The van der Waals surface area contributed by atoms with Crippen LogP contribution in [0, 0.1) is 0 Å². The van der Waals surface area contributed by atoms with E-state index in [9.17, 15) is 4.79 Å². The molecule has 0 amide bonds. The van der Waals surface area contributed by atoms with Crippen molar-refractivity contribution in [2.45, 2.75) is 24.0 Å². The summed E-state index contributed by atoms with van der Waals surface area (Å²) in [7, 11) is 3.12. The van der Waals surface area contributed by atoms with E-state index in [-0.39, 0.29) is 11.5 Å². The van der Waals surface area contributed by atoms with Crippen molar-refractivity contribution >= 4 is 17.5 Å². The van der Waals surface area contributed by atoms with E-state index in [0.29, 0.717) is 23.1 Å². The summed E-state index contributed by atoms with van der Waals surface area (Å²) >= 11 is 1.41. The lowest BCUT2D eigenvalue weighted by molar-refractivity contribution is 0.102. The Kier molecular flexibility index (Phi) is 5.29. The number of carbonyl (C=O) groups is 1. The van der Waals surface area contributed by atoms with Crippen LogP contribution in [-0.4, -0.2) is 45.5 Å². The molecular weight excluding hydrogens is 376 g/mol. The number of ketones is 1. The van der Waals surface area contributed by atoms with E-state index in [1.54, 1.807) is 44.8 Å². The van der Waals surface area contributed by atoms with Gasteiger partial charge in [-0.05, 0) is 43.2 Å². The number of Topliss-reactive ketones (excluding diaryl/α,β-unsaturated/α-hetero) is 1. The molecule has 1 aliphatic carbocycles. The largest absolute Gasteiger partial charge is 0.493 e. The second kappa shape index (κ2) is 8.02. The molecule has 2 aromatic heterocycles. The zero-order chi connectivity index (χ0) is 19.5. The van der Waals surface area contributed by atoms with Crippen molar-refractivity contribution in [1.82, 2.24) is 19.7 Å². The smallest absolute Gasteiger partial charge is 0.192 e. The Morgan fingerprint density at radius 1 is 1.11 bits per heavy atom. The van der Waals surface area contributed by atoms with E-state index >= 15 is 0 Å². The predicted octanol–water partition coefficient (Wildman–Crippen LogP) is 3.67. The van der Waals surface area contributed by atoms with Crippen molar-refractivity contribution in [3.05, 3.63) is 48.3 Å². The number of ether oxygens (including phenoxy) is 2. The molecule has 1 aromatic carbocycles. The highest BCUT2D eigenvalue weighted by molar-refractivity contribution is 7.99. The van der Waals surface area contributed by atoms with Crippen LogP contribution in [0.15, 0.2) is 47.9 Å². The fourth-order valence-electron chi connectivity index (χ4n) is 2.96. The summed E-state index contributed by atoms with van der Waals surface area (Å²) in [6, 6.07) is 9.44. The van der Waals surface area contributed by atoms with Crippen LogP contribution >= 0.6 is 11.8 Å². The van der Waals surface area contributed by atoms with Gasteiger partial charge >= 0.3 is 0 Å². The zero-order valence-corrected chi connectivity index (χ0v) is 16.5. The standard InChI is InChI=1S/C20H20N4O3S/c1-26-17-6-3-14(11-18(17)27-2)16(25)12-28-20-23-22-19(24(20)15-4-5-15)13-7-9-21-10-8-13/h3,6-11,15H,4-5,12H2,1-2H3. The van der Waals surface area contributed by atoms with E-state index in [1.165, 1.54) is 11.8 Å². The van der Waals surface area contributed by atoms with Crippen LogP contribution in [0.4, 0.5) is 0 Å². The first-order chi connectivity index (χ1) is 13.7. The Hall–Kier alpha value is -2.87. The number of thioether (sulfide) groups is 1. The summed E-state index contributed by atoms with van der Waals surface area (Å²) in [6.45, 7) is 0. The van der Waals surface area contributed by atoms with E-state index in [4.69, 9.17) is 9.47 Å². The van der Waals surface area contributed by atoms with E-state index in [0.717, 1.165) is 29.4 Å². The molecule has 0 radical (unpaired) electrons. The molecule has 1 saturated carbocycles. The summed E-state index contributed by atoms with van der Waals surface area (Å²) < 4.78 is 12.7. The maximum atomic E-state index is 12.7. The van der Waals surface area contributed by atoms with Gasteiger partial charge in [0.1, 0.15) is 0 Å².